The first-order valence-corrected chi connectivity index (χ1v) is 14.8. The molecule has 5 rings (SSSR count). The van der Waals surface area contributed by atoms with Crippen molar-refractivity contribution in [3.05, 3.63) is 42.5 Å². The molecule has 2 amide bonds. The van der Waals surface area contributed by atoms with Gasteiger partial charge in [0.2, 0.25) is 5.95 Å². The van der Waals surface area contributed by atoms with E-state index in [1.54, 1.807) is 24.5 Å². The molecule has 0 unspecified atom stereocenters. The van der Waals surface area contributed by atoms with Gasteiger partial charge in [-0.3, -0.25) is 4.90 Å². The van der Waals surface area contributed by atoms with Crippen LogP contribution in [0.25, 0.3) is 11.1 Å². The molecule has 4 heterocycles. The van der Waals surface area contributed by atoms with Gasteiger partial charge in [0.25, 0.3) is 6.43 Å². The molecule has 0 aromatic carbocycles. The number of ether oxygens (including phenoxy) is 1. The van der Waals surface area contributed by atoms with Gasteiger partial charge >= 0.3 is 18.2 Å². The number of methoxy groups -OCH3 is 1. The number of rotatable bonds is 9. The second-order valence-electron chi connectivity index (χ2n) is 11.1. The lowest BCUT2D eigenvalue weighted by Crippen LogP contribution is -2.50. The van der Waals surface area contributed by atoms with Gasteiger partial charge in [0.1, 0.15) is 17.2 Å². The molecule has 248 valence electrons. The second kappa shape index (κ2) is 14.3. The zero-order valence-electron chi connectivity index (χ0n) is 24.9. The maximum Gasteiger partial charge on any atom is 0.421 e. The van der Waals surface area contributed by atoms with E-state index in [1.165, 1.54) is 23.1 Å². The molecule has 0 radical (unpaired) electrons. The van der Waals surface area contributed by atoms with E-state index in [4.69, 9.17) is 4.74 Å². The molecule has 1 aliphatic heterocycles. The number of urea groups is 1. The summed E-state index contributed by atoms with van der Waals surface area (Å²) in [7, 11) is 1.45. The zero-order valence-corrected chi connectivity index (χ0v) is 24.9. The molecule has 0 bridgehead atoms. The minimum atomic E-state index is -4.65. The number of aliphatic hydroxyl groups is 1. The number of anilines is 3. The SMILES string of the molecule is COc1ncc(-c2ccc(N(C(=O)NCC(F)F)C3CCC(Nc4ncc(C(F)(F)F)c(N5CCC(O)CC5)n4)CC3)nc2)cn1. The molecule has 17 heteroatoms. The number of carbonyl (C=O) groups is 1. The molecule has 1 aliphatic carbocycles. The van der Waals surface area contributed by atoms with Gasteiger partial charge < -0.3 is 25.4 Å². The van der Waals surface area contributed by atoms with E-state index in [1.807, 2.05) is 0 Å². The lowest BCUT2D eigenvalue weighted by molar-refractivity contribution is -0.137. The smallest absolute Gasteiger partial charge is 0.421 e. The highest BCUT2D eigenvalue weighted by Crippen LogP contribution is 2.37. The number of nitrogens with zero attached hydrogens (tertiary/aromatic N) is 7. The van der Waals surface area contributed by atoms with E-state index < -0.39 is 36.8 Å². The van der Waals surface area contributed by atoms with Crippen LogP contribution in [0, 0.1) is 0 Å². The largest absolute Gasteiger partial charge is 0.467 e. The third-order valence-corrected chi connectivity index (χ3v) is 8.00. The number of hydrogen-bond acceptors (Lipinski definition) is 10. The first-order chi connectivity index (χ1) is 22.0. The van der Waals surface area contributed by atoms with Crippen LogP contribution in [0.2, 0.25) is 0 Å². The number of aliphatic hydroxyl groups excluding tert-OH is 1. The fraction of sp³-hybridized carbons (Fsp3) is 0.517. The predicted octanol–water partition coefficient (Wildman–Crippen LogP) is 4.52. The number of alkyl halides is 5. The van der Waals surface area contributed by atoms with Crippen molar-refractivity contribution in [3.8, 4) is 17.1 Å². The minimum absolute atomic E-state index is 0.0453. The molecule has 2 aliphatic rings. The van der Waals surface area contributed by atoms with Gasteiger partial charge in [-0.1, -0.05) is 0 Å². The first kappa shape index (κ1) is 33.0. The lowest BCUT2D eigenvalue weighted by Gasteiger charge is -2.36. The maximum atomic E-state index is 13.8. The molecule has 0 spiro atoms. The Bertz CT molecular complexity index is 1450. The van der Waals surface area contributed by atoms with Crippen molar-refractivity contribution < 1.29 is 36.6 Å². The molecule has 3 aromatic heterocycles. The van der Waals surface area contributed by atoms with Crippen molar-refractivity contribution in [2.45, 2.75) is 69.3 Å². The van der Waals surface area contributed by atoms with Gasteiger partial charge in [-0.05, 0) is 50.7 Å². The van der Waals surface area contributed by atoms with Crippen LogP contribution in [-0.2, 0) is 6.18 Å². The Morgan fingerprint density at radius 3 is 2.26 bits per heavy atom. The maximum absolute atomic E-state index is 13.8. The van der Waals surface area contributed by atoms with Crippen LogP contribution < -0.4 is 25.2 Å². The van der Waals surface area contributed by atoms with E-state index >= 15 is 0 Å². The van der Waals surface area contributed by atoms with Gasteiger partial charge in [-0.15, -0.1) is 0 Å². The Morgan fingerprint density at radius 1 is 1.00 bits per heavy atom. The van der Waals surface area contributed by atoms with Crippen LogP contribution in [0.15, 0.2) is 36.9 Å². The van der Waals surface area contributed by atoms with Crippen LogP contribution in [0.1, 0.15) is 44.1 Å². The van der Waals surface area contributed by atoms with E-state index in [0.29, 0.717) is 49.7 Å². The quantitative estimate of drug-likeness (QED) is 0.283. The Balaban J connectivity index is 1.28. The molecular weight excluding hydrogens is 617 g/mol. The molecule has 46 heavy (non-hydrogen) atoms. The lowest BCUT2D eigenvalue weighted by atomic mass is 9.90. The Hall–Kier alpha value is -4.41. The first-order valence-electron chi connectivity index (χ1n) is 14.8. The number of aromatic nitrogens is 5. The summed E-state index contributed by atoms with van der Waals surface area (Å²) in [4.78, 5) is 36.7. The molecular formula is C29H34F5N9O3. The predicted molar refractivity (Wildman–Crippen MR) is 158 cm³/mol. The summed E-state index contributed by atoms with van der Waals surface area (Å²) in [5, 5.41) is 15.2. The van der Waals surface area contributed by atoms with E-state index in [-0.39, 0.29) is 48.8 Å². The van der Waals surface area contributed by atoms with Crippen LogP contribution >= 0.6 is 0 Å². The number of carbonyl (C=O) groups excluding carboxylic acids is 1. The summed E-state index contributed by atoms with van der Waals surface area (Å²) in [6, 6.07) is 2.22. The molecule has 3 aromatic rings. The Kier molecular flexibility index (Phi) is 10.3. The van der Waals surface area contributed by atoms with Crippen molar-refractivity contribution in [1.82, 2.24) is 30.2 Å². The van der Waals surface area contributed by atoms with E-state index in [2.05, 4.69) is 35.6 Å². The second-order valence-corrected chi connectivity index (χ2v) is 11.1. The number of halogens is 5. The molecule has 1 saturated heterocycles. The van der Waals surface area contributed by atoms with Crippen LogP contribution in [0.5, 0.6) is 6.01 Å². The number of pyridine rings is 1. The summed E-state index contributed by atoms with van der Waals surface area (Å²) in [6.07, 6.45) is 0.0484. The fourth-order valence-electron chi connectivity index (χ4n) is 5.60. The summed E-state index contributed by atoms with van der Waals surface area (Å²) < 4.78 is 72.1. The van der Waals surface area contributed by atoms with Gasteiger partial charge in [-0.2, -0.15) is 18.2 Å². The molecule has 0 atom stereocenters. The summed E-state index contributed by atoms with van der Waals surface area (Å²) >= 11 is 0. The molecule has 3 N–H and O–H groups in total. The average Bonchev–Trinajstić information content (AvgIpc) is 3.05. The van der Waals surface area contributed by atoms with E-state index in [0.717, 1.165) is 6.20 Å². The van der Waals surface area contributed by atoms with Crippen LogP contribution in [0.3, 0.4) is 0 Å². The zero-order chi connectivity index (χ0) is 32.8. The average molecular weight is 652 g/mol. The van der Waals surface area contributed by atoms with Gasteiger partial charge in [0.05, 0.1) is 19.8 Å². The third-order valence-electron chi connectivity index (χ3n) is 8.00. The minimum Gasteiger partial charge on any atom is -0.467 e. The van der Waals surface area contributed by atoms with Gasteiger partial charge in [0, 0.05) is 61.1 Å². The molecule has 12 nitrogen and oxygen atoms in total. The monoisotopic (exact) mass is 651 g/mol. The number of hydrogen-bond donors (Lipinski definition) is 3. The standard InChI is InChI=1S/C29H34F5N9O3/c1-46-27-37-13-18(14-38-27)17-2-7-24(35-12-17)43(28(45)39-16-23(30)31)20-5-3-19(4-6-20)40-26-36-15-22(29(32,33)34)25(41-26)42-10-8-21(44)9-11-42/h2,7,12-15,19-21,23,44H,3-6,8-11,16H2,1H3,(H,39,45)(H,36,40,41). The normalized spacial score (nSPS) is 19.2. The fourth-order valence-corrected chi connectivity index (χ4v) is 5.60. The van der Waals surface area contributed by atoms with Crippen LogP contribution in [-0.4, -0.2) is 87.4 Å². The number of piperidine rings is 1. The third kappa shape index (κ3) is 8.05. The highest BCUT2D eigenvalue weighted by atomic mass is 19.4. The number of nitrogens with one attached hydrogen (secondary N) is 2. The summed E-state index contributed by atoms with van der Waals surface area (Å²) in [5.41, 5.74) is 0.386. The Labute approximate surface area is 261 Å². The van der Waals surface area contributed by atoms with Crippen molar-refractivity contribution in [3.63, 3.8) is 0 Å². The summed E-state index contributed by atoms with van der Waals surface area (Å²) in [5.74, 6) is 0.0794. The van der Waals surface area contributed by atoms with Crippen molar-refractivity contribution in [2.75, 3.05) is 41.9 Å². The van der Waals surface area contributed by atoms with Crippen molar-refractivity contribution >= 4 is 23.6 Å². The van der Waals surface area contributed by atoms with Crippen molar-refractivity contribution in [1.29, 1.82) is 0 Å². The topological polar surface area (TPSA) is 142 Å². The number of amides is 2. The van der Waals surface area contributed by atoms with Crippen molar-refractivity contribution in [2.24, 2.45) is 0 Å². The Morgan fingerprint density at radius 2 is 1.67 bits per heavy atom. The highest BCUT2D eigenvalue weighted by Gasteiger charge is 2.38. The van der Waals surface area contributed by atoms with E-state index in [9.17, 15) is 31.9 Å². The van der Waals surface area contributed by atoms with Gasteiger partial charge in [-0.25, -0.2) is 33.5 Å². The molecule has 1 saturated carbocycles. The summed E-state index contributed by atoms with van der Waals surface area (Å²) in [6.45, 7) is -0.354. The van der Waals surface area contributed by atoms with Crippen LogP contribution in [0.4, 0.5) is 44.3 Å². The highest BCUT2D eigenvalue weighted by molar-refractivity contribution is 5.91. The molecule has 2 fully saturated rings. The van der Waals surface area contributed by atoms with Gasteiger partial charge in [0.15, 0.2) is 0 Å².